The summed E-state index contributed by atoms with van der Waals surface area (Å²) in [7, 11) is 5.46. The van der Waals surface area contributed by atoms with Crippen molar-refractivity contribution in [2.75, 3.05) is 31.8 Å². The highest BCUT2D eigenvalue weighted by Crippen LogP contribution is 2.28. The van der Waals surface area contributed by atoms with Gasteiger partial charge in [-0.25, -0.2) is 10.1 Å². The molecule has 0 radical (unpaired) electrons. The molecule has 3 N–H and O–H groups in total. The number of nitrogens with one attached hydrogen (secondary N) is 1. The van der Waals surface area contributed by atoms with Crippen molar-refractivity contribution in [2.24, 2.45) is 5.10 Å². The fraction of sp³-hybridized carbons (Fsp3) is 0.143. The third kappa shape index (κ3) is 4.49. The molecule has 2 heterocycles. The maximum Gasteiger partial charge on any atom is 0.294 e. The van der Waals surface area contributed by atoms with E-state index >= 15 is 0 Å². The number of nitrogens with zero attached hydrogens (tertiary/aromatic N) is 7. The van der Waals surface area contributed by atoms with Crippen molar-refractivity contribution in [1.29, 1.82) is 0 Å². The quantitative estimate of drug-likeness (QED) is 0.319. The fourth-order valence-corrected chi connectivity index (χ4v) is 3.03. The predicted octanol–water partition coefficient (Wildman–Crippen LogP) is 1.74. The van der Waals surface area contributed by atoms with Crippen LogP contribution in [-0.4, -0.2) is 58.6 Å². The minimum Gasteiger partial charge on any atom is -0.497 e. The molecule has 0 aliphatic carbocycles. The molecule has 2 aromatic carbocycles. The van der Waals surface area contributed by atoms with Crippen molar-refractivity contribution >= 4 is 23.6 Å². The van der Waals surface area contributed by atoms with Gasteiger partial charge in [0.05, 0.1) is 13.3 Å². The van der Waals surface area contributed by atoms with E-state index in [-0.39, 0.29) is 17.3 Å². The van der Waals surface area contributed by atoms with Gasteiger partial charge in [-0.1, -0.05) is 29.5 Å². The van der Waals surface area contributed by atoms with Gasteiger partial charge in [-0.3, -0.25) is 4.79 Å². The molecule has 0 unspecified atom stereocenters. The van der Waals surface area contributed by atoms with Crippen LogP contribution >= 0.6 is 0 Å². The number of nitrogens with two attached hydrogens (primary N) is 1. The van der Waals surface area contributed by atoms with Crippen LogP contribution in [0.1, 0.15) is 16.1 Å². The third-order valence-corrected chi connectivity index (χ3v) is 4.71. The number of hydrazone groups is 1. The van der Waals surface area contributed by atoms with E-state index in [4.69, 9.17) is 10.5 Å². The second kappa shape index (κ2) is 9.18. The average Bonchev–Trinajstić information content (AvgIpc) is 3.45. The number of hydrogen-bond acceptors (Lipinski definition) is 10. The summed E-state index contributed by atoms with van der Waals surface area (Å²) in [6.45, 7) is 0. The lowest BCUT2D eigenvalue weighted by atomic mass is 10.1. The molecule has 12 heteroatoms. The van der Waals surface area contributed by atoms with Gasteiger partial charge in [0, 0.05) is 25.3 Å². The van der Waals surface area contributed by atoms with Gasteiger partial charge in [-0.2, -0.15) is 9.78 Å². The average molecular weight is 447 g/mol. The van der Waals surface area contributed by atoms with Crippen molar-refractivity contribution < 1.29 is 14.2 Å². The maximum absolute atomic E-state index is 12.9. The lowest BCUT2D eigenvalue weighted by molar-refractivity contribution is 0.0950. The minimum atomic E-state index is -0.574. The predicted molar refractivity (Wildman–Crippen MR) is 121 cm³/mol. The standard InChI is InChI=1S/C21H21N9O3/c1-29(2)15-9-7-13(8-10-15)12-23-25-21(31)17-18(14-5-4-6-16(11-14)32-3)30(28-24-17)20-19(22)26-33-27-20/h4-12H,1-3H3,(H2,22,26)(H,25,31)/b23-12-. The van der Waals surface area contributed by atoms with Gasteiger partial charge in [0.15, 0.2) is 5.69 Å². The van der Waals surface area contributed by atoms with Gasteiger partial charge in [0.1, 0.15) is 11.4 Å². The Kier molecular flexibility index (Phi) is 5.98. The summed E-state index contributed by atoms with van der Waals surface area (Å²) >= 11 is 0. The van der Waals surface area contributed by atoms with Crippen molar-refractivity contribution in [3.8, 4) is 22.8 Å². The SMILES string of the molecule is COc1cccc(-c2c(C(=O)N/N=C\c3ccc(N(C)C)cc3)nnn2-c2nonc2N)c1. The van der Waals surface area contributed by atoms with Crippen LogP contribution in [0, 0.1) is 0 Å². The molecule has 0 atom stereocenters. The van der Waals surface area contributed by atoms with E-state index in [2.05, 4.69) is 35.8 Å². The number of carbonyl (C=O) groups excluding carboxylic acids is 1. The molecule has 0 saturated carbocycles. The van der Waals surface area contributed by atoms with Crippen LogP contribution < -0.4 is 20.8 Å². The van der Waals surface area contributed by atoms with Crippen molar-refractivity contribution in [3.05, 3.63) is 59.8 Å². The molecular weight excluding hydrogens is 426 g/mol. The molecule has 0 spiro atoms. The minimum absolute atomic E-state index is 0.00445. The number of methoxy groups -OCH3 is 1. The van der Waals surface area contributed by atoms with E-state index in [1.807, 2.05) is 43.3 Å². The largest absolute Gasteiger partial charge is 0.497 e. The van der Waals surface area contributed by atoms with Gasteiger partial charge in [0.2, 0.25) is 11.6 Å². The molecule has 1 amide bonds. The molecule has 168 valence electrons. The molecule has 0 aliphatic rings. The second-order valence-corrected chi connectivity index (χ2v) is 7.09. The summed E-state index contributed by atoms with van der Waals surface area (Å²) in [5, 5.41) is 19.4. The summed E-state index contributed by atoms with van der Waals surface area (Å²) < 4.78 is 11.3. The lowest BCUT2D eigenvalue weighted by Gasteiger charge is -2.11. The summed E-state index contributed by atoms with van der Waals surface area (Å²) in [5.74, 6) is 0.103. The zero-order chi connectivity index (χ0) is 23.4. The van der Waals surface area contributed by atoms with E-state index in [9.17, 15) is 4.79 Å². The number of ether oxygens (including phenoxy) is 1. The van der Waals surface area contributed by atoms with Gasteiger partial charge in [-0.15, -0.1) is 5.10 Å². The topological polar surface area (TPSA) is 150 Å². The molecule has 0 aliphatic heterocycles. The number of carbonyl (C=O) groups is 1. The number of nitrogen functional groups attached to an aromatic ring is 1. The Hall–Kier alpha value is -4.74. The first-order chi connectivity index (χ1) is 16.0. The number of benzene rings is 2. The van der Waals surface area contributed by atoms with Crippen LogP contribution in [0.2, 0.25) is 0 Å². The molecule has 4 rings (SSSR count). The second-order valence-electron chi connectivity index (χ2n) is 7.09. The summed E-state index contributed by atoms with van der Waals surface area (Å²) in [5.41, 5.74) is 11.1. The van der Waals surface area contributed by atoms with Crippen molar-refractivity contribution in [3.63, 3.8) is 0 Å². The van der Waals surface area contributed by atoms with E-state index < -0.39 is 5.91 Å². The molecule has 0 fully saturated rings. The van der Waals surface area contributed by atoms with E-state index in [1.54, 1.807) is 31.4 Å². The zero-order valence-electron chi connectivity index (χ0n) is 18.1. The Bertz CT molecular complexity index is 1290. The fourth-order valence-electron chi connectivity index (χ4n) is 3.03. The summed E-state index contributed by atoms with van der Waals surface area (Å²) in [4.78, 5) is 14.9. The smallest absolute Gasteiger partial charge is 0.294 e. The number of hydrogen-bond donors (Lipinski definition) is 2. The zero-order valence-corrected chi connectivity index (χ0v) is 18.1. The Balaban J connectivity index is 1.64. The van der Waals surface area contributed by atoms with Gasteiger partial charge in [0.25, 0.3) is 5.91 Å². The van der Waals surface area contributed by atoms with Crippen LogP contribution in [0.3, 0.4) is 0 Å². The van der Waals surface area contributed by atoms with Crippen LogP contribution in [0.25, 0.3) is 17.1 Å². The van der Waals surface area contributed by atoms with Gasteiger partial charge >= 0.3 is 0 Å². The van der Waals surface area contributed by atoms with Crippen molar-refractivity contribution in [2.45, 2.75) is 0 Å². The number of amides is 1. The van der Waals surface area contributed by atoms with E-state index in [0.29, 0.717) is 17.0 Å². The molecule has 12 nitrogen and oxygen atoms in total. The van der Waals surface area contributed by atoms with Crippen LogP contribution in [0.15, 0.2) is 58.3 Å². The Labute approximate surface area is 188 Å². The molecule has 2 aromatic heterocycles. The highest BCUT2D eigenvalue weighted by molar-refractivity contribution is 5.99. The first kappa shape index (κ1) is 21.5. The van der Waals surface area contributed by atoms with E-state index in [0.717, 1.165) is 11.3 Å². The first-order valence-corrected chi connectivity index (χ1v) is 9.77. The number of aromatic nitrogens is 5. The first-order valence-electron chi connectivity index (χ1n) is 9.77. The number of rotatable bonds is 7. The van der Waals surface area contributed by atoms with Gasteiger partial charge < -0.3 is 15.4 Å². The normalized spacial score (nSPS) is 11.0. The molecule has 0 bridgehead atoms. The Morgan fingerprint density at radius 2 is 2.00 bits per heavy atom. The molecule has 4 aromatic rings. The molecule has 0 saturated heterocycles. The Morgan fingerprint density at radius 1 is 1.21 bits per heavy atom. The van der Waals surface area contributed by atoms with E-state index in [1.165, 1.54) is 10.9 Å². The van der Waals surface area contributed by atoms with Crippen LogP contribution in [-0.2, 0) is 0 Å². The van der Waals surface area contributed by atoms with Gasteiger partial charge in [-0.05, 0) is 40.1 Å². The highest BCUT2D eigenvalue weighted by atomic mass is 16.6. The van der Waals surface area contributed by atoms with Crippen LogP contribution in [0.4, 0.5) is 11.5 Å². The van der Waals surface area contributed by atoms with Crippen LogP contribution in [0.5, 0.6) is 5.75 Å². The number of anilines is 2. The maximum atomic E-state index is 12.9. The monoisotopic (exact) mass is 447 g/mol. The lowest BCUT2D eigenvalue weighted by Crippen LogP contribution is -2.19. The molecular formula is C21H21N9O3. The van der Waals surface area contributed by atoms with Crippen molar-refractivity contribution in [1.82, 2.24) is 30.7 Å². The Morgan fingerprint density at radius 3 is 2.67 bits per heavy atom. The third-order valence-electron chi connectivity index (χ3n) is 4.71. The summed E-state index contributed by atoms with van der Waals surface area (Å²) in [6.07, 6.45) is 1.53. The summed E-state index contributed by atoms with van der Waals surface area (Å²) in [6, 6.07) is 14.7. The highest BCUT2D eigenvalue weighted by Gasteiger charge is 2.25. The molecule has 33 heavy (non-hydrogen) atoms.